The number of hydrazone groups is 1. The number of nitrogens with zero attached hydrogens (tertiary/aromatic N) is 1. The average molecular weight is 398 g/mol. The van der Waals surface area contributed by atoms with E-state index in [2.05, 4.69) is 15.8 Å². The van der Waals surface area contributed by atoms with Crippen molar-refractivity contribution in [2.75, 3.05) is 0 Å². The molecule has 2 aromatic rings. The highest BCUT2D eigenvalue weighted by Crippen LogP contribution is 2.21. The average Bonchev–Trinajstić information content (AvgIpc) is 3.05. The molecule has 0 aliphatic rings. The van der Waals surface area contributed by atoms with Crippen molar-refractivity contribution in [3.8, 4) is 0 Å². The zero-order valence-electron chi connectivity index (χ0n) is 13.6. The van der Waals surface area contributed by atoms with Crippen molar-refractivity contribution in [1.82, 2.24) is 10.7 Å². The second kappa shape index (κ2) is 8.99. The first-order chi connectivity index (χ1) is 11.9. The van der Waals surface area contributed by atoms with Crippen molar-refractivity contribution in [3.63, 3.8) is 0 Å². The predicted molar refractivity (Wildman–Crippen MR) is 103 cm³/mol. The zero-order chi connectivity index (χ0) is 18.4. The van der Waals surface area contributed by atoms with Gasteiger partial charge in [0.2, 0.25) is 0 Å². The third-order valence-corrected chi connectivity index (χ3v) is 4.68. The molecule has 0 bridgehead atoms. The van der Waals surface area contributed by atoms with E-state index in [4.69, 9.17) is 23.2 Å². The summed E-state index contributed by atoms with van der Waals surface area (Å²) in [5, 5.41) is 9.18. The van der Waals surface area contributed by atoms with E-state index in [-0.39, 0.29) is 16.5 Å². The number of thiophene rings is 1. The van der Waals surface area contributed by atoms with E-state index >= 15 is 0 Å². The quantitative estimate of drug-likeness (QED) is 0.571. The molecule has 2 amide bonds. The third-order valence-electron chi connectivity index (χ3n) is 3.32. The van der Waals surface area contributed by atoms with Crippen molar-refractivity contribution in [2.45, 2.75) is 19.9 Å². The maximum atomic E-state index is 12.4. The van der Waals surface area contributed by atoms with Gasteiger partial charge in [-0.25, -0.2) is 5.43 Å². The lowest BCUT2D eigenvalue weighted by atomic mass is 10.0. The lowest BCUT2D eigenvalue weighted by molar-refractivity contribution is -0.123. The number of nitrogens with one attached hydrogen (secondary N) is 2. The van der Waals surface area contributed by atoms with Crippen LogP contribution in [0.15, 0.2) is 40.8 Å². The number of benzene rings is 1. The molecule has 25 heavy (non-hydrogen) atoms. The highest BCUT2D eigenvalue weighted by molar-refractivity contribution is 7.11. The minimum Gasteiger partial charge on any atom is -0.340 e. The fraction of sp³-hybridized carbons (Fsp3) is 0.235. The Bertz CT molecular complexity index is 776. The van der Waals surface area contributed by atoms with Crippen LogP contribution in [0.3, 0.4) is 0 Å². The maximum Gasteiger partial charge on any atom is 0.262 e. The lowest BCUT2D eigenvalue weighted by Crippen LogP contribution is -2.48. The van der Waals surface area contributed by atoms with Gasteiger partial charge in [0, 0.05) is 9.90 Å². The standard InChI is InChI=1S/C17H17Cl2N3O2S/c1-10(2)15(17(24)22-20-9-12-4-3-7-25-12)21-16(23)13-6-5-11(18)8-14(13)19/h3-10,15H,1-2H3,(H,21,23)(H,22,24)/b20-9-. The van der Waals surface area contributed by atoms with E-state index in [1.807, 2.05) is 31.4 Å². The second-order valence-electron chi connectivity index (χ2n) is 5.57. The number of hydrogen-bond donors (Lipinski definition) is 2. The molecule has 1 aromatic carbocycles. The summed E-state index contributed by atoms with van der Waals surface area (Å²) >= 11 is 13.4. The molecule has 1 unspecified atom stereocenters. The molecule has 0 saturated heterocycles. The van der Waals surface area contributed by atoms with Gasteiger partial charge in [-0.05, 0) is 35.6 Å². The molecule has 2 rings (SSSR count). The summed E-state index contributed by atoms with van der Waals surface area (Å²) in [5.41, 5.74) is 2.71. The van der Waals surface area contributed by atoms with Gasteiger partial charge in [0.15, 0.2) is 0 Å². The Kier molecular flexibility index (Phi) is 6.99. The monoisotopic (exact) mass is 397 g/mol. The van der Waals surface area contributed by atoms with Crippen LogP contribution in [-0.2, 0) is 4.79 Å². The van der Waals surface area contributed by atoms with Gasteiger partial charge in [-0.3, -0.25) is 9.59 Å². The summed E-state index contributed by atoms with van der Waals surface area (Å²) in [6, 6.07) is 7.58. The maximum absolute atomic E-state index is 12.4. The smallest absolute Gasteiger partial charge is 0.262 e. The van der Waals surface area contributed by atoms with E-state index in [0.29, 0.717) is 5.02 Å². The highest BCUT2D eigenvalue weighted by atomic mass is 35.5. The van der Waals surface area contributed by atoms with E-state index in [1.165, 1.54) is 23.5 Å². The van der Waals surface area contributed by atoms with Gasteiger partial charge < -0.3 is 5.32 Å². The summed E-state index contributed by atoms with van der Waals surface area (Å²) in [5.74, 6) is -0.981. The van der Waals surface area contributed by atoms with Crippen molar-refractivity contribution in [2.24, 2.45) is 11.0 Å². The summed E-state index contributed by atoms with van der Waals surface area (Å²) in [7, 11) is 0. The first kappa shape index (κ1) is 19.4. The number of carbonyl (C=O) groups is 2. The van der Waals surface area contributed by atoms with E-state index in [9.17, 15) is 9.59 Å². The fourth-order valence-corrected chi connectivity index (χ4v) is 3.10. The van der Waals surface area contributed by atoms with Crippen LogP contribution in [0.5, 0.6) is 0 Å². The number of hydrogen-bond acceptors (Lipinski definition) is 4. The minimum absolute atomic E-state index is 0.132. The Hall–Kier alpha value is -1.89. The summed E-state index contributed by atoms with van der Waals surface area (Å²) < 4.78 is 0. The van der Waals surface area contributed by atoms with E-state index in [1.54, 1.807) is 12.3 Å². The van der Waals surface area contributed by atoms with E-state index < -0.39 is 17.9 Å². The topological polar surface area (TPSA) is 70.6 Å². The molecular formula is C17H17Cl2N3O2S. The molecule has 1 aromatic heterocycles. The lowest BCUT2D eigenvalue weighted by Gasteiger charge is -2.20. The second-order valence-corrected chi connectivity index (χ2v) is 7.39. The first-order valence-corrected chi connectivity index (χ1v) is 9.14. The Labute approximate surface area is 160 Å². The molecule has 0 fully saturated rings. The highest BCUT2D eigenvalue weighted by Gasteiger charge is 2.25. The molecular weight excluding hydrogens is 381 g/mol. The Morgan fingerprint density at radius 2 is 2.00 bits per heavy atom. The van der Waals surface area contributed by atoms with Gasteiger partial charge in [0.05, 0.1) is 16.8 Å². The number of amides is 2. The van der Waals surface area contributed by atoms with Crippen LogP contribution in [0.1, 0.15) is 29.1 Å². The van der Waals surface area contributed by atoms with Gasteiger partial charge in [-0.1, -0.05) is 43.1 Å². The summed E-state index contributed by atoms with van der Waals surface area (Å²) in [6.45, 7) is 3.66. The van der Waals surface area contributed by atoms with Crippen molar-refractivity contribution >= 4 is 52.6 Å². The molecule has 132 valence electrons. The van der Waals surface area contributed by atoms with Gasteiger partial charge in [0.1, 0.15) is 6.04 Å². The molecule has 0 aliphatic heterocycles. The molecule has 2 N–H and O–H groups in total. The van der Waals surface area contributed by atoms with E-state index in [0.717, 1.165) is 4.88 Å². The van der Waals surface area contributed by atoms with Crippen LogP contribution in [0.2, 0.25) is 10.0 Å². The third kappa shape index (κ3) is 5.56. The van der Waals surface area contributed by atoms with Gasteiger partial charge in [-0.15, -0.1) is 11.3 Å². The molecule has 0 saturated carbocycles. The van der Waals surface area contributed by atoms with Crippen LogP contribution < -0.4 is 10.7 Å². The van der Waals surface area contributed by atoms with Crippen LogP contribution in [0, 0.1) is 5.92 Å². The molecule has 1 heterocycles. The van der Waals surface area contributed by atoms with Crippen molar-refractivity contribution < 1.29 is 9.59 Å². The van der Waals surface area contributed by atoms with Gasteiger partial charge >= 0.3 is 0 Å². The Morgan fingerprint density at radius 3 is 2.60 bits per heavy atom. The zero-order valence-corrected chi connectivity index (χ0v) is 16.0. The van der Waals surface area contributed by atoms with Crippen LogP contribution in [0.25, 0.3) is 0 Å². The molecule has 1 atom stereocenters. The summed E-state index contributed by atoms with van der Waals surface area (Å²) in [4.78, 5) is 25.6. The molecule has 8 heteroatoms. The predicted octanol–water partition coefficient (Wildman–Crippen LogP) is 3.96. The van der Waals surface area contributed by atoms with Crippen LogP contribution in [-0.4, -0.2) is 24.1 Å². The number of carbonyl (C=O) groups excluding carboxylic acids is 2. The SMILES string of the molecule is CC(C)C(NC(=O)c1ccc(Cl)cc1Cl)C(=O)N/N=C\c1cccs1. The van der Waals surface area contributed by atoms with Gasteiger partial charge in [-0.2, -0.15) is 5.10 Å². The molecule has 0 spiro atoms. The molecule has 5 nitrogen and oxygen atoms in total. The first-order valence-electron chi connectivity index (χ1n) is 7.51. The normalized spacial score (nSPS) is 12.4. The minimum atomic E-state index is -0.750. The van der Waals surface area contributed by atoms with Crippen LogP contribution >= 0.6 is 34.5 Å². The summed E-state index contributed by atoms with van der Waals surface area (Å²) in [6.07, 6.45) is 1.55. The largest absolute Gasteiger partial charge is 0.340 e. The fourth-order valence-electron chi connectivity index (χ4n) is 2.02. The van der Waals surface area contributed by atoms with Crippen LogP contribution in [0.4, 0.5) is 0 Å². The van der Waals surface area contributed by atoms with Crippen molar-refractivity contribution in [3.05, 3.63) is 56.2 Å². The molecule has 0 aliphatic carbocycles. The Balaban J connectivity index is 2.04. The number of rotatable bonds is 6. The number of halogens is 2. The Morgan fingerprint density at radius 1 is 1.24 bits per heavy atom. The van der Waals surface area contributed by atoms with Gasteiger partial charge in [0.25, 0.3) is 11.8 Å². The van der Waals surface area contributed by atoms with Crippen molar-refractivity contribution in [1.29, 1.82) is 0 Å². The molecule has 0 radical (unpaired) electrons.